The van der Waals surface area contributed by atoms with Gasteiger partial charge in [0.15, 0.2) is 0 Å². The van der Waals surface area contributed by atoms with Crippen LogP contribution in [0.2, 0.25) is 5.02 Å². The molecule has 0 saturated heterocycles. The highest BCUT2D eigenvalue weighted by Crippen LogP contribution is 2.28. The molecule has 2 N–H and O–H groups in total. The molecular weight excluding hydrogens is 282 g/mol. The average Bonchev–Trinajstić information content (AvgIpc) is 2.71. The Balaban J connectivity index is 2.01. The van der Waals surface area contributed by atoms with Crippen molar-refractivity contribution in [2.45, 2.75) is 25.9 Å². The molecule has 2 rings (SSSR count). The Morgan fingerprint density at radius 1 is 1.53 bits per heavy atom. The summed E-state index contributed by atoms with van der Waals surface area (Å²) in [4.78, 5) is 11.8. The van der Waals surface area contributed by atoms with Gasteiger partial charge < -0.3 is 10.4 Å². The maximum absolute atomic E-state index is 11.8. The van der Waals surface area contributed by atoms with Gasteiger partial charge >= 0.3 is 0 Å². The lowest BCUT2D eigenvalue weighted by atomic mass is 10.1. The predicted molar refractivity (Wildman–Crippen MR) is 79.8 cm³/mol. The summed E-state index contributed by atoms with van der Waals surface area (Å²) < 4.78 is 1.14. The van der Waals surface area contributed by atoms with E-state index in [4.69, 9.17) is 16.7 Å². The first kappa shape index (κ1) is 14.3. The summed E-state index contributed by atoms with van der Waals surface area (Å²) >= 11 is 7.59. The number of thiophene rings is 1. The number of nitrogens with one attached hydrogen (secondary N) is 1. The van der Waals surface area contributed by atoms with E-state index in [2.05, 4.69) is 5.32 Å². The van der Waals surface area contributed by atoms with Gasteiger partial charge in [-0.1, -0.05) is 11.6 Å². The topological polar surface area (TPSA) is 49.3 Å². The lowest BCUT2D eigenvalue weighted by molar-refractivity contribution is -0.120. The second-order valence-corrected chi connectivity index (χ2v) is 5.91. The molecule has 0 aliphatic rings. The standard InChI is InChI=1S/C14H16ClNO2S/c1-9(17)4-5-16-14(18)6-10-8-19-13-3-2-11(15)7-12(10)13/h2-3,7-9,17H,4-6H2,1H3,(H,16,18). The molecule has 2 aromatic rings. The van der Waals surface area contributed by atoms with Crippen molar-refractivity contribution < 1.29 is 9.90 Å². The summed E-state index contributed by atoms with van der Waals surface area (Å²) in [5, 5.41) is 15.7. The van der Waals surface area contributed by atoms with E-state index in [0.717, 1.165) is 15.6 Å². The molecular formula is C14H16ClNO2S. The molecule has 0 saturated carbocycles. The third-order valence-electron chi connectivity index (χ3n) is 2.85. The van der Waals surface area contributed by atoms with Crippen molar-refractivity contribution in [3.05, 3.63) is 34.2 Å². The van der Waals surface area contributed by atoms with Crippen molar-refractivity contribution in [1.82, 2.24) is 5.32 Å². The molecule has 1 aromatic heterocycles. The summed E-state index contributed by atoms with van der Waals surface area (Å²) in [5.74, 6) is -0.0275. The summed E-state index contributed by atoms with van der Waals surface area (Å²) in [6.07, 6.45) is 0.531. The van der Waals surface area contributed by atoms with Gasteiger partial charge in [0.1, 0.15) is 0 Å². The van der Waals surface area contributed by atoms with Gasteiger partial charge in [-0.15, -0.1) is 11.3 Å². The van der Waals surface area contributed by atoms with Crippen LogP contribution in [-0.4, -0.2) is 23.7 Å². The molecule has 102 valence electrons. The van der Waals surface area contributed by atoms with Crippen LogP contribution in [0.25, 0.3) is 10.1 Å². The van der Waals surface area contributed by atoms with E-state index in [1.54, 1.807) is 18.3 Å². The molecule has 0 bridgehead atoms. The Kier molecular flexibility index (Phi) is 4.80. The van der Waals surface area contributed by atoms with Gasteiger partial charge in [-0.05, 0) is 47.9 Å². The first-order chi connectivity index (χ1) is 9.06. The van der Waals surface area contributed by atoms with Gasteiger partial charge in [0.25, 0.3) is 0 Å². The molecule has 0 radical (unpaired) electrons. The van der Waals surface area contributed by atoms with Crippen LogP contribution in [-0.2, 0) is 11.2 Å². The number of rotatable bonds is 5. The van der Waals surface area contributed by atoms with Gasteiger partial charge in [0.05, 0.1) is 12.5 Å². The summed E-state index contributed by atoms with van der Waals surface area (Å²) in [7, 11) is 0. The van der Waals surface area contributed by atoms with E-state index >= 15 is 0 Å². The molecule has 5 heteroatoms. The van der Waals surface area contributed by atoms with Gasteiger partial charge in [-0.25, -0.2) is 0 Å². The van der Waals surface area contributed by atoms with Crippen LogP contribution in [0.3, 0.4) is 0 Å². The van der Waals surface area contributed by atoms with Gasteiger partial charge in [-0.2, -0.15) is 0 Å². The molecule has 0 spiro atoms. The van der Waals surface area contributed by atoms with Crippen molar-refractivity contribution in [2.75, 3.05) is 6.54 Å². The molecule has 1 aromatic carbocycles. The first-order valence-corrected chi connectivity index (χ1v) is 7.42. The number of carbonyl (C=O) groups is 1. The van der Waals surface area contributed by atoms with Crippen molar-refractivity contribution in [3.63, 3.8) is 0 Å². The highest BCUT2D eigenvalue weighted by Gasteiger charge is 2.09. The van der Waals surface area contributed by atoms with E-state index in [9.17, 15) is 4.79 Å². The van der Waals surface area contributed by atoms with Crippen LogP contribution in [0.5, 0.6) is 0 Å². The number of hydrogen-bond donors (Lipinski definition) is 2. The van der Waals surface area contributed by atoms with Gasteiger partial charge in [0.2, 0.25) is 5.91 Å². The van der Waals surface area contributed by atoms with E-state index in [1.165, 1.54) is 0 Å². The number of benzene rings is 1. The zero-order valence-electron chi connectivity index (χ0n) is 10.6. The molecule has 1 atom stereocenters. The fourth-order valence-electron chi connectivity index (χ4n) is 1.85. The maximum Gasteiger partial charge on any atom is 0.224 e. The average molecular weight is 298 g/mol. The SMILES string of the molecule is CC(O)CCNC(=O)Cc1csc2ccc(Cl)cc12. The number of aliphatic hydroxyl groups excluding tert-OH is 1. The van der Waals surface area contributed by atoms with E-state index in [-0.39, 0.29) is 12.0 Å². The number of fused-ring (bicyclic) bond motifs is 1. The molecule has 1 unspecified atom stereocenters. The number of hydrogen-bond acceptors (Lipinski definition) is 3. The Hall–Kier alpha value is -1.10. The number of halogens is 1. The predicted octanol–water partition coefficient (Wildman–Crippen LogP) is 2.98. The highest BCUT2D eigenvalue weighted by molar-refractivity contribution is 7.17. The first-order valence-electron chi connectivity index (χ1n) is 6.16. The zero-order chi connectivity index (χ0) is 13.8. The molecule has 0 aliphatic carbocycles. The van der Waals surface area contributed by atoms with Crippen LogP contribution in [0.15, 0.2) is 23.6 Å². The number of carbonyl (C=O) groups excluding carboxylic acids is 1. The van der Waals surface area contributed by atoms with Crippen LogP contribution < -0.4 is 5.32 Å². The minimum atomic E-state index is -0.388. The largest absolute Gasteiger partial charge is 0.393 e. The van der Waals surface area contributed by atoms with E-state index < -0.39 is 0 Å². The fraction of sp³-hybridized carbons (Fsp3) is 0.357. The van der Waals surface area contributed by atoms with Crippen molar-refractivity contribution in [2.24, 2.45) is 0 Å². The summed E-state index contributed by atoms with van der Waals surface area (Å²) in [5.41, 5.74) is 0.997. The van der Waals surface area contributed by atoms with Crippen LogP contribution in [0, 0.1) is 0 Å². The maximum atomic E-state index is 11.8. The molecule has 0 fully saturated rings. The minimum absolute atomic E-state index is 0.0275. The van der Waals surface area contributed by atoms with Gasteiger partial charge in [-0.3, -0.25) is 4.79 Å². The number of aliphatic hydroxyl groups is 1. The Morgan fingerprint density at radius 2 is 2.32 bits per heavy atom. The van der Waals surface area contributed by atoms with Crippen LogP contribution in [0.4, 0.5) is 0 Å². The fourth-order valence-corrected chi connectivity index (χ4v) is 2.96. The Bertz CT molecular complexity index is 580. The summed E-state index contributed by atoms with van der Waals surface area (Å²) in [6.45, 7) is 2.21. The van der Waals surface area contributed by atoms with Crippen molar-refractivity contribution in [3.8, 4) is 0 Å². The normalized spacial score (nSPS) is 12.6. The molecule has 3 nitrogen and oxygen atoms in total. The Morgan fingerprint density at radius 3 is 3.05 bits per heavy atom. The quantitative estimate of drug-likeness (QED) is 0.891. The third kappa shape index (κ3) is 3.93. The van der Waals surface area contributed by atoms with Crippen LogP contribution >= 0.6 is 22.9 Å². The van der Waals surface area contributed by atoms with Gasteiger partial charge in [0, 0.05) is 16.3 Å². The zero-order valence-corrected chi connectivity index (χ0v) is 12.2. The minimum Gasteiger partial charge on any atom is -0.393 e. The third-order valence-corrected chi connectivity index (χ3v) is 4.10. The highest BCUT2D eigenvalue weighted by atomic mass is 35.5. The van der Waals surface area contributed by atoms with Crippen LogP contribution in [0.1, 0.15) is 18.9 Å². The lowest BCUT2D eigenvalue weighted by Gasteiger charge is -2.06. The molecule has 1 amide bonds. The summed E-state index contributed by atoms with van der Waals surface area (Å²) in [6, 6.07) is 5.72. The van der Waals surface area contributed by atoms with Crippen molar-refractivity contribution in [1.29, 1.82) is 0 Å². The van der Waals surface area contributed by atoms with E-state index in [1.807, 2.05) is 23.6 Å². The second-order valence-electron chi connectivity index (χ2n) is 4.57. The lowest BCUT2D eigenvalue weighted by Crippen LogP contribution is -2.27. The Labute approximate surface area is 121 Å². The molecule has 1 heterocycles. The molecule has 19 heavy (non-hydrogen) atoms. The monoisotopic (exact) mass is 297 g/mol. The van der Waals surface area contributed by atoms with Crippen molar-refractivity contribution >= 4 is 38.9 Å². The second kappa shape index (κ2) is 6.37. The number of amides is 1. The van der Waals surface area contributed by atoms with E-state index in [0.29, 0.717) is 24.4 Å². The molecule has 0 aliphatic heterocycles. The smallest absolute Gasteiger partial charge is 0.224 e.